The van der Waals surface area contributed by atoms with Crippen molar-refractivity contribution in [3.63, 3.8) is 0 Å². The molecule has 2 rings (SSSR count). The summed E-state index contributed by atoms with van der Waals surface area (Å²) in [5, 5.41) is 0. The van der Waals surface area contributed by atoms with E-state index in [0.717, 1.165) is 12.1 Å². The molecule has 3 heteroatoms. The van der Waals surface area contributed by atoms with E-state index in [1.54, 1.807) is 12.1 Å². The second-order valence-electron chi connectivity index (χ2n) is 4.95. The minimum absolute atomic E-state index is 0.287. The van der Waals surface area contributed by atoms with Crippen molar-refractivity contribution in [2.75, 3.05) is 14.1 Å². The molecular formula is C17H19NO2. The Kier molecular flexibility index (Phi) is 4.91. The molecule has 0 amide bonds. The average molecular weight is 269 g/mol. The van der Waals surface area contributed by atoms with E-state index in [9.17, 15) is 4.79 Å². The molecule has 20 heavy (non-hydrogen) atoms. The van der Waals surface area contributed by atoms with Gasteiger partial charge in [0.15, 0.2) is 0 Å². The molecule has 0 spiro atoms. The van der Waals surface area contributed by atoms with Crippen LogP contribution < -0.4 is 0 Å². The van der Waals surface area contributed by atoms with E-state index in [1.165, 1.54) is 5.56 Å². The number of nitrogens with zero attached hydrogens (tertiary/aromatic N) is 1. The smallest absolute Gasteiger partial charge is 0.338 e. The second-order valence-corrected chi connectivity index (χ2v) is 4.95. The van der Waals surface area contributed by atoms with Crippen LogP contribution in [0.4, 0.5) is 0 Å². The molecule has 0 unspecified atom stereocenters. The van der Waals surface area contributed by atoms with Crippen molar-refractivity contribution in [2.24, 2.45) is 0 Å². The molecule has 0 bridgehead atoms. The van der Waals surface area contributed by atoms with E-state index < -0.39 is 0 Å². The van der Waals surface area contributed by atoms with Crippen molar-refractivity contribution in [1.29, 1.82) is 0 Å². The summed E-state index contributed by atoms with van der Waals surface area (Å²) >= 11 is 0. The van der Waals surface area contributed by atoms with Crippen LogP contribution in [0.5, 0.6) is 0 Å². The van der Waals surface area contributed by atoms with E-state index in [1.807, 2.05) is 50.5 Å². The fourth-order valence-electron chi connectivity index (χ4n) is 1.99. The quantitative estimate of drug-likeness (QED) is 0.781. The zero-order valence-electron chi connectivity index (χ0n) is 11.9. The number of carbonyl (C=O) groups excluding carboxylic acids is 1. The standard InChI is InChI=1S/C17H19NO2/c1-18(2)12-15-10-6-7-11-16(15)13-20-17(19)14-8-4-3-5-9-14/h3-11H,12-13H2,1-2H3. The maximum Gasteiger partial charge on any atom is 0.338 e. The minimum atomic E-state index is -0.287. The van der Waals surface area contributed by atoms with Crippen LogP contribution in [0.2, 0.25) is 0 Å². The molecule has 0 aliphatic heterocycles. The normalized spacial score (nSPS) is 10.6. The monoisotopic (exact) mass is 269 g/mol. The van der Waals surface area contributed by atoms with Crippen molar-refractivity contribution in [2.45, 2.75) is 13.2 Å². The predicted molar refractivity (Wildman–Crippen MR) is 79.4 cm³/mol. The minimum Gasteiger partial charge on any atom is -0.457 e. The zero-order chi connectivity index (χ0) is 14.4. The molecule has 0 heterocycles. The van der Waals surface area contributed by atoms with Crippen molar-refractivity contribution in [3.8, 4) is 0 Å². The van der Waals surface area contributed by atoms with Gasteiger partial charge < -0.3 is 9.64 Å². The Morgan fingerprint density at radius 1 is 0.950 bits per heavy atom. The number of esters is 1. The van der Waals surface area contributed by atoms with Crippen molar-refractivity contribution >= 4 is 5.97 Å². The van der Waals surface area contributed by atoms with Crippen LogP contribution in [0.15, 0.2) is 54.6 Å². The van der Waals surface area contributed by atoms with Gasteiger partial charge in [-0.25, -0.2) is 4.79 Å². The highest BCUT2D eigenvalue weighted by atomic mass is 16.5. The highest BCUT2D eigenvalue weighted by Crippen LogP contribution is 2.13. The predicted octanol–water partition coefficient (Wildman–Crippen LogP) is 3.11. The van der Waals surface area contributed by atoms with Gasteiger partial charge >= 0.3 is 5.97 Å². The van der Waals surface area contributed by atoms with Gasteiger partial charge in [0.25, 0.3) is 0 Å². The van der Waals surface area contributed by atoms with Gasteiger partial charge in [0.1, 0.15) is 6.61 Å². The lowest BCUT2D eigenvalue weighted by Gasteiger charge is -2.14. The van der Waals surface area contributed by atoms with Crippen LogP contribution in [0, 0.1) is 0 Å². The summed E-state index contributed by atoms with van der Waals surface area (Å²) in [7, 11) is 4.04. The van der Waals surface area contributed by atoms with Gasteiger partial charge in [0, 0.05) is 6.54 Å². The first-order chi connectivity index (χ1) is 9.66. The van der Waals surface area contributed by atoms with E-state index in [4.69, 9.17) is 4.74 Å². The molecule has 0 aromatic heterocycles. The van der Waals surface area contributed by atoms with Crippen LogP contribution in [-0.4, -0.2) is 25.0 Å². The Hall–Kier alpha value is -2.13. The molecule has 104 valence electrons. The summed E-state index contributed by atoms with van der Waals surface area (Å²) in [4.78, 5) is 14.0. The van der Waals surface area contributed by atoms with Crippen LogP contribution in [0.3, 0.4) is 0 Å². The third kappa shape index (κ3) is 3.93. The van der Waals surface area contributed by atoms with Crippen molar-refractivity contribution in [3.05, 3.63) is 71.3 Å². The fourth-order valence-corrected chi connectivity index (χ4v) is 1.99. The maximum atomic E-state index is 11.9. The lowest BCUT2D eigenvalue weighted by atomic mass is 10.1. The molecule has 0 saturated carbocycles. The van der Waals surface area contributed by atoms with Crippen molar-refractivity contribution < 1.29 is 9.53 Å². The van der Waals surface area contributed by atoms with Crippen LogP contribution in [0.25, 0.3) is 0 Å². The number of hydrogen-bond donors (Lipinski definition) is 0. The van der Waals surface area contributed by atoms with Gasteiger partial charge in [-0.2, -0.15) is 0 Å². The molecule has 0 aliphatic carbocycles. The van der Waals surface area contributed by atoms with E-state index in [0.29, 0.717) is 12.2 Å². The molecule has 2 aromatic rings. The number of hydrogen-bond acceptors (Lipinski definition) is 3. The SMILES string of the molecule is CN(C)Cc1ccccc1COC(=O)c1ccccc1. The highest BCUT2D eigenvalue weighted by Gasteiger charge is 2.08. The van der Waals surface area contributed by atoms with E-state index >= 15 is 0 Å². The van der Waals surface area contributed by atoms with E-state index in [2.05, 4.69) is 11.0 Å². The summed E-state index contributed by atoms with van der Waals surface area (Å²) in [6, 6.07) is 17.1. The number of ether oxygens (including phenoxy) is 1. The Labute approximate surface area is 119 Å². The lowest BCUT2D eigenvalue weighted by molar-refractivity contribution is 0.0471. The molecule has 0 atom stereocenters. The Morgan fingerprint density at radius 2 is 1.55 bits per heavy atom. The lowest BCUT2D eigenvalue weighted by Crippen LogP contribution is -2.13. The first-order valence-electron chi connectivity index (χ1n) is 6.60. The molecule has 0 aliphatic rings. The molecule has 3 nitrogen and oxygen atoms in total. The third-order valence-corrected chi connectivity index (χ3v) is 2.97. The maximum absolute atomic E-state index is 11.9. The largest absolute Gasteiger partial charge is 0.457 e. The van der Waals surface area contributed by atoms with Gasteiger partial charge in [-0.15, -0.1) is 0 Å². The first-order valence-corrected chi connectivity index (χ1v) is 6.60. The Balaban J connectivity index is 2.02. The van der Waals surface area contributed by atoms with Gasteiger partial charge in [0.05, 0.1) is 5.56 Å². The summed E-state index contributed by atoms with van der Waals surface area (Å²) in [6.45, 7) is 1.14. The van der Waals surface area contributed by atoms with Gasteiger partial charge in [-0.05, 0) is 37.4 Å². The van der Waals surface area contributed by atoms with Crippen LogP contribution in [0.1, 0.15) is 21.5 Å². The summed E-state index contributed by atoms with van der Waals surface area (Å²) in [5.41, 5.74) is 2.81. The summed E-state index contributed by atoms with van der Waals surface area (Å²) in [5.74, 6) is -0.287. The molecule has 0 N–H and O–H groups in total. The topological polar surface area (TPSA) is 29.5 Å². The van der Waals surface area contributed by atoms with Gasteiger partial charge in [0.2, 0.25) is 0 Å². The van der Waals surface area contributed by atoms with Crippen LogP contribution >= 0.6 is 0 Å². The Bertz CT molecular complexity index is 564. The third-order valence-electron chi connectivity index (χ3n) is 2.97. The summed E-state index contributed by atoms with van der Waals surface area (Å²) in [6.07, 6.45) is 0. The average Bonchev–Trinajstić information content (AvgIpc) is 2.46. The molecular weight excluding hydrogens is 250 g/mol. The number of carbonyl (C=O) groups is 1. The summed E-state index contributed by atoms with van der Waals surface area (Å²) < 4.78 is 5.38. The van der Waals surface area contributed by atoms with Gasteiger partial charge in [-0.3, -0.25) is 0 Å². The fraction of sp³-hybridized carbons (Fsp3) is 0.235. The Morgan fingerprint density at radius 3 is 2.20 bits per heavy atom. The molecule has 0 fully saturated rings. The molecule has 0 radical (unpaired) electrons. The number of benzene rings is 2. The van der Waals surface area contributed by atoms with Crippen LogP contribution in [-0.2, 0) is 17.9 Å². The number of rotatable bonds is 5. The molecule has 0 saturated heterocycles. The molecule has 2 aromatic carbocycles. The highest BCUT2D eigenvalue weighted by molar-refractivity contribution is 5.89. The van der Waals surface area contributed by atoms with Gasteiger partial charge in [-0.1, -0.05) is 42.5 Å². The van der Waals surface area contributed by atoms with Crippen molar-refractivity contribution in [1.82, 2.24) is 4.90 Å². The second kappa shape index (κ2) is 6.87. The van der Waals surface area contributed by atoms with E-state index in [-0.39, 0.29) is 5.97 Å². The first kappa shape index (κ1) is 14.3. The zero-order valence-corrected chi connectivity index (χ0v) is 11.9.